The second-order valence-electron chi connectivity index (χ2n) is 6.80. The summed E-state index contributed by atoms with van der Waals surface area (Å²) in [5, 5.41) is 3.45. The zero-order chi connectivity index (χ0) is 17.6. The number of aryl methyl sites for hydroxylation is 1. The van der Waals surface area contributed by atoms with Gasteiger partial charge in [0.05, 0.1) is 18.2 Å². The summed E-state index contributed by atoms with van der Waals surface area (Å²) >= 11 is 0. The molecule has 132 valence electrons. The largest absolute Gasteiger partial charge is 0.379 e. The van der Waals surface area contributed by atoms with Gasteiger partial charge in [-0.2, -0.15) is 0 Å². The molecular formula is C20H26N4O. The fourth-order valence-corrected chi connectivity index (χ4v) is 3.36. The molecule has 1 unspecified atom stereocenters. The number of amides is 1. The van der Waals surface area contributed by atoms with Gasteiger partial charge in [0.1, 0.15) is 0 Å². The number of benzene rings is 1. The minimum Gasteiger partial charge on any atom is -0.379 e. The van der Waals surface area contributed by atoms with Crippen molar-refractivity contribution in [3.63, 3.8) is 0 Å². The topological polar surface area (TPSA) is 71.2 Å². The molecule has 0 aliphatic carbocycles. The molecule has 5 nitrogen and oxygen atoms in total. The smallest absolute Gasteiger partial charge is 0.221 e. The molecule has 1 saturated heterocycles. The summed E-state index contributed by atoms with van der Waals surface area (Å²) in [6, 6.07) is 12.5. The summed E-state index contributed by atoms with van der Waals surface area (Å²) in [5.74, 6) is -0.187. The van der Waals surface area contributed by atoms with Crippen LogP contribution < -0.4 is 11.1 Å². The molecule has 0 spiro atoms. The number of likely N-dealkylation sites (tertiary alicyclic amines) is 1. The van der Waals surface area contributed by atoms with E-state index in [1.807, 2.05) is 12.3 Å². The van der Waals surface area contributed by atoms with E-state index in [1.165, 1.54) is 11.1 Å². The summed E-state index contributed by atoms with van der Waals surface area (Å²) < 4.78 is 0. The molecule has 1 aromatic heterocycles. The number of rotatable bonds is 6. The third-order valence-corrected chi connectivity index (χ3v) is 4.82. The predicted octanol–water partition coefficient (Wildman–Crippen LogP) is 2.70. The Labute approximate surface area is 149 Å². The lowest BCUT2D eigenvalue weighted by Gasteiger charge is -2.31. The van der Waals surface area contributed by atoms with Gasteiger partial charge < -0.3 is 11.1 Å². The average molecular weight is 338 g/mol. The minimum atomic E-state index is -0.175. The third kappa shape index (κ3) is 4.79. The van der Waals surface area contributed by atoms with Crippen LogP contribution in [0.4, 0.5) is 5.69 Å². The maximum Gasteiger partial charge on any atom is 0.221 e. The van der Waals surface area contributed by atoms with Crippen molar-refractivity contribution in [1.29, 1.82) is 0 Å². The van der Waals surface area contributed by atoms with E-state index in [0.29, 0.717) is 6.54 Å². The van der Waals surface area contributed by atoms with E-state index in [9.17, 15) is 4.79 Å². The Bertz CT molecular complexity index is 731. The number of anilines is 1. The zero-order valence-corrected chi connectivity index (χ0v) is 14.7. The van der Waals surface area contributed by atoms with Crippen molar-refractivity contribution in [3.05, 3.63) is 59.4 Å². The van der Waals surface area contributed by atoms with Gasteiger partial charge in [0, 0.05) is 25.0 Å². The van der Waals surface area contributed by atoms with Crippen LogP contribution in [0, 0.1) is 12.8 Å². The molecule has 3 rings (SSSR count). The Kier molecular flexibility index (Phi) is 5.66. The van der Waals surface area contributed by atoms with Crippen LogP contribution >= 0.6 is 0 Å². The number of hydrogen-bond donors (Lipinski definition) is 2. The average Bonchev–Trinajstić information content (AvgIpc) is 2.61. The monoisotopic (exact) mass is 338 g/mol. The van der Waals surface area contributed by atoms with Gasteiger partial charge in [-0.1, -0.05) is 18.2 Å². The van der Waals surface area contributed by atoms with Gasteiger partial charge >= 0.3 is 0 Å². The number of aromatic nitrogens is 1. The molecule has 1 aliphatic heterocycles. The first kappa shape index (κ1) is 17.4. The van der Waals surface area contributed by atoms with Crippen LogP contribution in [0.1, 0.15) is 29.7 Å². The van der Waals surface area contributed by atoms with Crippen LogP contribution in [0.2, 0.25) is 0 Å². The molecular weight excluding hydrogens is 312 g/mol. The Morgan fingerprint density at radius 3 is 3.04 bits per heavy atom. The molecule has 1 fully saturated rings. The number of nitrogens with two attached hydrogens (primary N) is 1. The summed E-state index contributed by atoms with van der Waals surface area (Å²) in [6.45, 7) is 5.42. The molecule has 5 heteroatoms. The fourth-order valence-electron chi connectivity index (χ4n) is 3.36. The number of nitrogens with one attached hydrogen (secondary N) is 1. The molecule has 1 aliphatic rings. The lowest BCUT2D eigenvalue weighted by molar-refractivity contribution is -0.123. The number of hydrogen-bond acceptors (Lipinski definition) is 4. The SMILES string of the molecule is Cc1cccnc1CNc1cccc(CN2CCCC(C(N)=O)C2)c1. The van der Waals surface area contributed by atoms with E-state index in [0.717, 1.165) is 43.9 Å². The van der Waals surface area contributed by atoms with Crippen LogP contribution in [0.3, 0.4) is 0 Å². The van der Waals surface area contributed by atoms with Crippen molar-refractivity contribution in [1.82, 2.24) is 9.88 Å². The zero-order valence-electron chi connectivity index (χ0n) is 14.7. The molecule has 0 bridgehead atoms. The van der Waals surface area contributed by atoms with Gasteiger partial charge in [0.15, 0.2) is 0 Å². The second-order valence-corrected chi connectivity index (χ2v) is 6.80. The van der Waals surface area contributed by atoms with E-state index < -0.39 is 0 Å². The van der Waals surface area contributed by atoms with Crippen LogP contribution in [0.25, 0.3) is 0 Å². The normalized spacial score (nSPS) is 18.0. The molecule has 1 amide bonds. The van der Waals surface area contributed by atoms with Crippen molar-refractivity contribution >= 4 is 11.6 Å². The highest BCUT2D eigenvalue weighted by Gasteiger charge is 2.23. The lowest BCUT2D eigenvalue weighted by atomic mass is 9.97. The van der Waals surface area contributed by atoms with Crippen LogP contribution in [-0.2, 0) is 17.9 Å². The molecule has 2 aromatic rings. The summed E-state index contributed by atoms with van der Waals surface area (Å²) in [6.07, 6.45) is 3.77. The quantitative estimate of drug-likeness (QED) is 0.849. The number of carbonyl (C=O) groups excluding carboxylic acids is 1. The van der Waals surface area contributed by atoms with Crippen molar-refractivity contribution in [2.45, 2.75) is 32.9 Å². The molecule has 0 saturated carbocycles. The van der Waals surface area contributed by atoms with E-state index in [-0.39, 0.29) is 11.8 Å². The number of primary amides is 1. The van der Waals surface area contributed by atoms with Gasteiger partial charge in [-0.05, 0) is 55.6 Å². The number of pyridine rings is 1. The van der Waals surface area contributed by atoms with Gasteiger partial charge in [0.25, 0.3) is 0 Å². The Hall–Kier alpha value is -2.40. The van der Waals surface area contributed by atoms with Crippen LogP contribution in [-0.4, -0.2) is 28.9 Å². The first-order valence-electron chi connectivity index (χ1n) is 8.87. The molecule has 1 aromatic carbocycles. The molecule has 2 heterocycles. The summed E-state index contributed by atoms with van der Waals surface area (Å²) in [7, 11) is 0. The Balaban J connectivity index is 1.59. The first-order chi connectivity index (χ1) is 12.1. The summed E-state index contributed by atoms with van der Waals surface area (Å²) in [5.41, 5.74) is 10.1. The van der Waals surface area contributed by atoms with E-state index in [4.69, 9.17) is 5.73 Å². The lowest BCUT2D eigenvalue weighted by Crippen LogP contribution is -2.40. The molecule has 25 heavy (non-hydrogen) atoms. The highest BCUT2D eigenvalue weighted by atomic mass is 16.1. The van der Waals surface area contributed by atoms with Crippen molar-refractivity contribution in [2.75, 3.05) is 18.4 Å². The van der Waals surface area contributed by atoms with Gasteiger partial charge in [0.2, 0.25) is 5.91 Å². The van der Waals surface area contributed by atoms with Crippen molar-refractivity contribution in [3.8, 4) is 0 Å². The maximum atomic E-state index is 11.4. The fraction of sp³-hybridized carbons (Fsp3) is 0.400. The van der Waals surface area contributed by atoms with Crippen molar-refractivity contribution in [2.24, 2.45) is 11.7 Å². The van der Waals surface area contributed by atoms with E-state index >= 15 is 0 Å². The van der Waals surface area contributed by atoms with Crippen molar-refractivity contribution < 1.29 is 4.79 Å². The van der Waals surface area contributed by atoms with E-state index in [2.05, 4.69) is 52.5 Å². The molecule has 3 N–H and O–H groups in total. The standard InChI is InChI=1S/C20H26N4O/c1-15-5-3-9-22-19(15)12-23-18-8-2-6-16(11-18)13-24-10-4-7-17(14-24)20(21)25/h2-3,5-6,8-9,11,17,23H,4,7,10,12-14H2,1H3,(H2,21,25). The third-order valence-electron chi connectivity index (χ3n) is 4.82. The summed E-state index contributed by atoms with van der Waals surface area (Å²) in [4.78, 5) is 18.2. The van der Waals surface area contributed by atoms with E-state index in [1.54, 1.807) is 0 Å². The molecule has 1 atom stereocenters. The molecule has 0 radical (unpaired) electrons. The second kappa shape index (κ2) is 8.12. The number of piperidine rings is 1. The minimum absolute atomic E-state index is 0.0119. The van der Waals surface area contributed by atoms with Gasteiger partial charge in [-0.3, -0.25) is 14.7 Å². The maximum absolute atomic E-state index is 11.4. The number of nitrogens with zero attached hydrogens (tertiary/aromatic N) is 2. The van der Waals surface area contributed by atoms with Crippen LogP contribution in [0.15, 0.2) is 42.6 Å². The Morgan fingerprint density at radius 2 is 2.24 bits per heavy atom. The Morgan fingerprint density at radius 1 is 1.36 bits per heavy atom. The number of carbonyl (C=O) groups is 1. The van der Waals surface area contributed by atoms with Gasteiger partial charge in [-0.25, -0.2) is 0 Å². The van der Waals surface area contributed by atoms with Crippen LogP contribution in [0.5, 0.6) is 0 Å². The first-order valence-corrected chi connectivity index (χ1v) is 8.87. The predicted molar refractivity (Wildman–Crippen MR) is 99.9 cm³/mol. The van der Waals surface area contributed by atoms with Gasteiger partial charge in [-0.15, -0.1) is 0 Å². The highest BCUT2D eigenvalue weighted by molar-refractivity contribution is 5.76. The highest BCUT2D eigenvalue weighted by Crippen LogP contribution is 2.20.